The van der Waals surface area contributed by atoms with Crippen LogP contribution in [0.2, 0.25) is 0 Å². The van der Waals surface area contributed by atoms with E-state index in [1.54, 1.807) is 0 Å². The molecule has 53 heavy (non-hydrogen) atoms. The first-order valence-corrected chi connectivity index (χ1v) is 16.4. The standard InChI is InChI=1S/C35H22Cl2F5N3O8/c1-53-22-12-14(3-11-21(22)46)2-10-20-17-8-9-18-23(31(48)43(30(18)47)15-4-6-16(7-5-15)45(51)52)19(17)13-34(36)32(49)44(33(50)35(20,34)37)29-27(41)25(39)24(38)26(40)28(29)42/h2-8,10-12,18-20,23,46H,9,13H2,1H3. The van der Waals surface area contributed by atoms with Crippen molar-refractivity contribution in [3.63, 3.8) is 0 Å². The molecular weight excluding hydrogens is 756 g/mol. The van der Waals surface area contributed by atoms with Gasteiger partial charge in [-0.1, -0.05) is 29.9 Å². The van der Waals surface area contributed by atoms with Gasteiger partial charge < -0.3 is 9.84 Å². The predicted molar refractivity (Wildman–Crippen MR) is 176 cm³/mol. The van der Waals surface area contributed by atoms with E-state index in [1.807, 2.05) is 0 Å². The van der Waals surface area contributed by atoms with Gasteiger partial charge in [0.15, 0.2) is 44.5 Å². The van der Waals surface area contributed by atoms with Gasteiger partial charge in [0.1, 0.15) is 5.69 Å². The number of phenolic OH excluding ortho intramolecular Hbond substituents is 1. The monoisotopic (exact) mass is 777 g/mol. The highest BCUT2D eigenvalue weighted by atomic mass is 35.5. The third-order valence-corrected chi connectivity index (χ3v) is 11.7. The molecule has 0 aromatic heterocycles. The van der Waals surface area contributed by atoms with Gasteiger partial charge >= 0.3 is 0 Å². The fraction of sp³-hybridized carbons (Fsp3) is 0.257. The summed E-state index contributed by atoms with van der Waals surface area (Å²) < 4.78 is 78.4. The van der Waals surface area contributed by atoms with Crippen LogP contribution in [0.3, 0.4) is 0 Å². The molecule has 2 heterocycles. The Balaban J connectivity index is 1.38. The van der Waals surface area contributed by atoms with E-state index in [2.05, 4.69) is 0 Å². The zero-order valence-corrected chi connectivity index (χ0v) is 28.3. The minimum Gasteiger partial charge on any atom is -0.504 e. The first-order valence-electron chi connectivity index (χ1n) is 15.6. The second-order valence-corrected chi connectivity index (χ2v) is 14.1. The molecule has 11 nitrogen and oxygen atoms in total. The van der Waals surface area contributed by atoms with Crippen molar-refractivity contribution in [2.45, 2.75) is 22.6 Å². The molecule has 4 amide bonds. The number of fused-ring (bicyclic) bond motifs is 4. The molecule has 2 aliphatic heterocycles. The molecule has 274 valence electrons. The maximum atomic E-state index is 15.2. The van der Waals surface area contributed by atoms with E-state index in [0.717, 1.165) is 17.0 Å². The van der Waals surface area contributed by atoms with Crippen LogP contribution in [-0.2, 0) is 19.2 Å². The number of carbonyl (C=O) groups excluding carboxylic acids is 4. The summed E-state index contributed by atoms with van der Waals surface area (Å²) in [4.78, 5) is 62.1. The lowest BCUT2D eigenvalue weighted by Gasteiger charge is -2.49. The number of carbonyl (C=O) groups is 4. The Morgan fingerprint density at radius 2 is 1.51 bits per heavy atom. The van der Waals surface area contributed by atoms with Crippen molar-refractivity contribution in [2.24, 2.45) is 23.7 Å². The summed E-state index contributed by atoms with van der Waals surface area (Å²) in [5, 5.41) is 21.3. The van der Waals surface area contributed by atoms with Gasteiger partial charge in [-0.15, -0.1) is 23.2 Å². The van der Waals surface area contributed by atoms with E-state index >= 15 is 8.78 Å². The summed E-state index contributed by atoms with van der Waals surface area (Å²) in [6, 6.07) is 8.67. The number of hydrogen-bond acceptors (Lipinski definition) is 8. The molecule has 6 atom stereocenters. The predicted octanol–water partition coefficient (Wildman–Crippen LogP) is 6.32. The maximum absolute atomic E-state index is 15.2. The van der Waals surface area contributed by atoms with E-state index in [1.165, 1.54) is 55.7 Å². The van der Waals surface area contributed by atoms with Crippen LogP contribution in [0.15, 0.2) is 60.2 Å². The molecular formula is C35H22Cl2F5N3O8. The fourth-order valence-electron chi connectivity index (χ4n) is 7.80. The number of nitro benzene ring substituents is 1. The number of rotatable bonds is 6. The van der Waals surface area contributed by atoms with Crippen LogP contribution < -0.4 is 14.5 Å². The minimum absolute atomic E-state index is 0.00645. The molecule has 7 rings (SSSR count). The summed E-state index contributed by atoms with van der Waals surface area (Å²) in [5.41, 5.74) is -1.66. The zero-order chi connectivity index (χ0) is 38.5. The molecule has 3 aromatic rings. The average molecular weight is 778 g/mol. The second kappa shape index (κ2) is 12.4. The van der Waals surface area contributed by atoms with Crippen molar-refractivity contribution in [2.75, 3.05) is 16.9 Å². The lowest BCUT2D eigenvalue weighted by Crippen LogP contribution is -2.60. The topological polar surface area (TPSA) is 147 Å². The normalized spacial score (nSPS) is 28.0. The van der Waals surface area contributed by atoms with Crippen molar-refractivity contribution >= 4 is 70.0 Å². The molecule has 4 aliphatic rings. The van der Waals surface area contributed by atoms with Crippen LogP contribution in [0.25, 0.3) is 6.08 Å². The Morgan fingerprint density at radius 1 is 0.887 bits per heavy atom. The smallest absolute Gasteiger partial charge is 0.269 e. The van der Waals surface area contributed by atoms with Crippen LogP contribution in [0, 0.1) is 62.9 Å². The Morgan fingerprint density at radius 3 is 2.11 bits per heavy atom. The fourth-order valence-corrected chi connectivity index (χ4v) is 8.69. The summed E-state index contributed by atoms with van der Waals surface area (Å²) in [6.45, 7) is 0. The SMILES string of the molecule is COc1cc(C=CC2C3=CCC4C(=O)N(c5ccc([N+](=O)[O-])cc5)C(=O)C4C3CC3(Cl)C(=O)N(c4c(F)c(F)c(F)c(F)c4F)C(=O)C23Cl)ccc1O. The Labute approximate surface area is 305 Å². The molecule has 1 N–H and O–H groups in total. The van der Waals surface area contributed by atoms with Crippen LogP contribution in [0.4, 0.5) is 39.0 Å². The number of non-ortho nitro benzene ring substituents is 1. The number of imide groups is 2. The molecule has 3 aromatic carbocycles. The van der Waals surface area contributed by atoms with Gasteiger partial charge in [0.05, 0.1) is 29.6 Å². The van der Waals surface area contributed by atoms with Gasteiger partial charge in [-0.05, 0) is 48.6 Å². The molecule has 18 heteroatoms. The number of amides is 4. The number of phenols is 1. The molecule has 0 spiro atoms. The van der Waals surface area contributed by atoms with Crippen LogP contribution in [0.1, 0.15) is 18.4 Å². The minimum atomic E-state index is -2.71. The number of aromatic hydroxyl groups is 1. The molecule has 3 fully saturated rings. The first-order chi connectivity index (χ1) is 25.0. The number of alkyl halides is 2. The van der Waals surface area contributed by atoms with Crippen molar-refractivity contribution in [3.8, 4) is 11.5 Å². The number of halogens is 7. The number of hydrogen-bond donors (Lipinski definition) is 1. The highest BCUT2D eigenvalue weighted by molar-refractivity contribution is 6.58. The molecule has 1 saturated carbocycles. The van der Waals surface area contributed by atoms with Crippen molar-refractivity contribution in [3.05, 3.63) is 105 Å². The van der Waals surface area contributed by atoms with Gasteiger partial charge in [0, 0.05) is 18.1 Å². The maximum Gasteiger partial charge on any atom is 0.269 e. The number of nitrogens with zero attached hydrogens (tertiary/aromatic N) is 3. The Hall–Kier alpha value is -5.35. The molecule has 0 radical (unpaired) electrons. The largest absolute Gasteiger partial charge is 0.504 e. The average Bonchev–Trinajstić information content (AvgIpc) is 3.48. The van der Waals surface area contributed by atoms with E-state index in [4.69, 9.17) is 27.9 Å². The van der Waals surface area contributed by atoms with E-state index in [-0.39, 0.29) is 39.8 Å². The van der Waals surface area contributed by atoms with Crippen LogP contribution >= 0.6 is 23.2 Å². The molecule has 0 bridgehead atoms. The number of anilines is 2. The summed E-state index contributed by atoms with van der Waals surface area (Å²) in [6.07, 6.45) is 3.39. The number of ether oxygens (including phenoxy) is 1. The second-order valence-electron chi connectivity index (χ2n) is 12.8. The van der Waals surface area contributed by atoms with Gasteiger partial charge in [0.2, 0.25) is 17.6 Å². The van der Waals surface area contributed by atoms with Crippen molar-refractivity contribution < 1.29 is 55.9 Å². The van der Waals surface area contributed by atoms with Crippen molar-refractivity contribution in [1.29, 1.82) is 0 Å². The zero-order valence-electron chi connectivity index (χ0n) is 26.8. The summed E-state index contributed by atoms with van der Waals surface area (Å²) in [5.74, 6) is -22.4. The van der Waals surface area contributed by atoms with Gasteiger partial charge in [-0.3, -0.25) is 34.2 Å². The summed E-state index contributed by atoms with van der Waals surface area (Å²) in [7, 11) is 1.28. The third kappa shape index (κ3) is 4.91. The molecule has 6 unspecified atom stereocenters. The van der Waals surface area contributed by atoms with Gasteiger partial charge in [-0.2, -0.15) is 0 Å². The van der Waals surface area contributed by atoms with Crippen LogP contribution in [0.5, 0.6) is 11.5 Å². The highest BCUT2D eigenvalue weighted by Crippen LogP contribution is 2.64. The molecule has 2 saturated heterocycles. The van der Waals surface area contributed by atoms with E-state index < -0.39 is 103 Å². The Kier molecular flexibility index (Phi) is 8.41. The lowest BCUT2D eigenvalue weighted by molar-refractivity contribution is -0.384. The quantitative estimate of drug-likeness (QED) is 0.0448. The lowest BCUT2D eigenvalue weighted by atomic mass is 9.57. The summed E-state index contributed by atoms with van der Waals surface area (Å²) >= 11 is 14.1. The van der Waals surface area contributed by atoms with Gasteiger partial charge in [-0.25, -0.2) is 26.9 Å². The Bertz CT molecular complexity index is 2230. The number of allylic oxidation sites excluding steroid dienone is 3. The van der Waals surface area contributed by atoms with Crippen molar-refractivity contribution in [1.82, 2.24) is 0 Å². The van der Waals surface area contributed by atoms with Crippen LogP contribution in [-0.4, -0.2) is 50.5 Å². The number of methoxy groups -OCH3 is 1. The van der Waals surface area contributed by atoms with E-state index in [0.29, 0.717) is 5.56 Å². The number of nitro groups is 1. The number of benzene rings is 3. The third-order valence-electron chi connectivity index (χ3n) is 10.3. The van der Waals surface area contributed by atoms with Gasteiger partial charge in [0.25, 0.3) is 17.5 Å². The first kappa shape index (κ1) is 36.0. The molecule has 2 aliphatic carbocycles. The highest BCUT2D eigenvalue weighted by Gasteiger charge is 2.76. The van der Waals surface area contributed by atoms with E-state index in [9.17, 15) is 47.6 Å².